The summed E-state index contributed by atoms with van der Waals surface area (Å²) in [4.78, 5) is 0. The summed E-state index contributed by atoms with van der Waals surface area (Å²) in [7, 11) is 0. The van der Waals surface area contributed by atoms with Crippen molar-refractivity contribution in [3.8, 4) is 0 Å². The molecule has 0 aliphatic heterocycles. The average Bonchev–Trinajstić information content (AvgIpc) is 1.00. The molecule has 4 heteroatoms. The molecule has 10 radical (unpaired) electrons. The van der Waals surface area contributed by atoms with Gasteiger partial charge in [-0.15, -0.1) is 0 Å². The molecule has 0 rings (SSSR count). The third-order valence-electron chi connectivity index (χ3n) is 0. The topological polar surface area (TPSA) is 17.1 Å². The van der Waals surface area contributed by atoms with Crippen LogP contribution in [-0.4, -0.2) is 80.4 Å². The molecule has 0 saturated carbocycles. The summed E-state index contributed by atoms with van der Waals surface area (Å²) in [5.41, 5.74) is 0. The normalized spacial score (nSPS) is 1.00. The smallest absolute Gasteiger partial charge is 0 e. The molecular formula is OPb3. The molecule has 0 N–H and O–H groups in total. The molecule has 0 fully saturated rings. The van der Waals surface area contributed by atoms with Gasteiger partial charge in [0.05, 0.1) is 0 Å². The van der Waals surface area contributed by atoms with Crippen LogP contribution in [0.5, 0.6) is 0 Å². The maximum Gasteiger partial charge on any atom is 0 e. The first-order valence-corrected chi connectivity index (χ1v) is 1.79. The fourth-order valence-electron chi connectivity index (χ4n) is 0. The maximum atomic E-state index is 8.39. The van der Waals surface area contributed by atoms with Crippen LogP contribution in [0.25, 0.3) is 0 Å². The summed E-state index contributed by atoms with van der Waals surface area (Å²) in [5.74, 6) is 0. The summed E-state index contributed by atoms with van der Waals surface area (Å²) in [6.07, 6.45) is 0. The molecule has 0 aliphatic rings. The predicted octanol–water partition coefficient (Wildman–Crippen LogP) is -1.26. The van der Waals surface area contributed by atoms with E-state index in [4.69, 9.17) is 2.69 Å². The van der Waals surface area contributed by atoms with E-state index < -0.39 is 0 Å². The zero-order valence-electron chi connectivity index (χ0n) is 1.91. The van der Waals surface area contributed by atoms with E-state index in [0.29, 0.717) is 0 Å². The van der Waals surface area contributed by atoms with Crippen LogP contribution in [0.2, 0.25) is 0 Å². The van der Waals surface area contributed by atoms with Crippen molar-refractivity contribution < 1.29 is 2.69 Å². The molecule has 0 heterocycles. The van der Waals surface area contributed by atoms with Gasteiger partial charge in [-0.25, -0.2) is 0 Å². The van der Waals surface area contributed by atoms with Crippen molar-refractivity contribution in [2.24, 2.45) is 0 Å². The number of hydrogen-bond acceptors (Lipinski definition) is 1. The summed E-state index contributed by atoms with van der Waals surface area (Å²) in [6, 6.07) is 0. The fourth-order valence-corrected chi connectivity index (χ4v) is 0. The molecule has 0 amide bonds. The van der Waals surface area contributed by atoms with Gasteiger partial charge in [-0.1, -0.05) is 0 Å². The second-order valence-corrected chi connectivity index (χ2v) is 0. The Bertz CT molecular complexity index is 3.25. The van der Waals surface area contributed by atoms with E-state index in [2.05, 4.69) is 0 Å². The van der Waals surface area contributed by atoms with Gasteiger partial charge in [0.2, 0.25) is 0 Å². The summed E-state index contributed by atoms with van der Waals surface area (Å²) >= 11 is 0.0556. The van der Waals surface area contributed by atoms with E-state index in [1.165, 1.54) is 0 Å². The molecule has 0 bridgehead atoms. The first-order chi connectivity index (χ1) is 1.00. The summed E-state index contributed by atoms with van der Waals surface area (Å²) in [5, 5.41) is 0. The van der Waals surface area contributed by atoms with Gasteiger partial charge in [-0.3, -0.25) is 0 Å². The molecule has 0 aromatic heterocycles. The molecule has 1 nitrogen and oxygen atoms in total. The van der Waals surface area contributed by atoms with Gasteiger partial charge >= 0.3 is 28.5 Å². The Kier molecular flexibility index (Phi) is 70.5. The largest absolute Gasteiger partial charge is 0 e. The Morgan fingerprint density at radius 2 is 1.00 bits per heavy atom. The van der Waals surface area contributed by atoms with Gasteiger partial charge in [0, 0.05) is 54.6 Å². The van der Waals surface area contributed by atoms with Crippen LogP contribution < -0.4 is 0 Å². The van der Waals surface area contributed by atoms with Gasteiger partial charge in [-0.05, 0) is 0 Å². The van der Waals surface area contributed by atoms with Crippen molar-refractivity contribution in [1.29, 1.82) is 0 Å². The quantitative estimate of drug-likeness (QED) is 0.304. The van der Waals surface area contributed by atoms with Crippen molar-refractivity contribution >= 4 is 80.4 Å². The Morgan fingerprint density at radius 3 is 1.00 bits per heavy atom. The molecular weight excluding hydrogens is 638 g/mol. The van der Waals surface area contributed by atoms with Crippen molar-refractivity contribution in [1.82, 2.24) is 0 Å². The molecule has 4 heavy (non-hydrogen) atoms. The van der Waals surface area contributed by atoms with Gasteiger partial charge in [0.15, 0.2) is 0 Å². The first kappa shape index (κ1) is 16.0. The van der Waals surface area contributed by atoms with Gasteiger partial charge in [0.25, 0.3) is 0 Å². The molecule has 0 unspecified atom stereocenters. The second-order valence-electron chi connectivity index (χ2n) is 0. The zero-order valence-corrected chi connectivity index (χ0v) is 13.6. The van der Waals surface area contributed by atoms with Gasteiger partial charge < -0.3 is 0 Å². The molecule has 0 atom stereocenters. The minimum absolute atomic E-state index is 0. The molecule has 0 aromatic carbocycles. The Balaban J connectivity index is -0.00000000500. The van der Waals surface area contributed by atoms with Crippen LogP contribution in [0.3, 0.4) is 0 Å². The van der Waals surface area contributed by atoms with Gasteiger partial charge in [0.1, 0.15) is 0 Å². The van der Waals surface area contributed by atoms with Crippen LogP contribution in [0.1, 0.15) is 0 Å². The molecule has 0 spiro atoms. The van der Waals surface area contributed by atoms with Crippen molar-refractivity contribution in [3.63, 3.8) is 0 Å². The standard InChI is InChI=1S/O.3Pb. The van der Waals surface area contributed by atoms with Crippen LogP contribution in [-0.2, 0) is 2.69 Å². The molecule has 0 aromatic rings. The third-order valence-corrected chi connectivity index (χ3v) is 0. The summed E-state index contributed by atoms with van der Waals surface area (Å²) < 4.78 is 8.39. The van der Waals surface area contributed by atoms with Crippen molar-refractivity contribution in [2.45, 2.75) is 0 Å². The second kappa shape index (κ2) is 17.6. The van der Waals surface area contributed by atoms with E-state index in [-0.39, 0.29) is 80.4 Å². The minimum Gasteiger partial charge on any atom is 0 e. The number of rotatable bonds is 0. The van der Waals surface area contributed by atoms with Crippen molar-refractivity contribution in [2.75, 3.05) is 0 Å². The minimum atomic E-state index is 0. The van der Waals surface area contributed by atoms with E-state index in [1.54, 1.807) is 0 Å². The number of hydrogen-bond donors (Lipinski definition) is 0. The molecule has 0 saturated heterocycles. The first-order valence-electron chi connectivity index (χ1n) is 0.204. The zero-order chi connectivity index (χ0) is 2.00. The van der Waals surface area contributed by atoms with Crippen LogP contribution in [0.4, 0.5) is 0 Å². The van der Waals surface area contributed by atoms with Crippen LogP contribution in [0, 0.1) is 0 Å². The van der Waals surface area contributed by atoms with Gasteiger partial charge in [-0.2, -0.15) is 0 Å². The maximum absolute atomic E-state index is 8.39. The van der Waals surface area contributed by atoms with Crippen molar-refractivity contribution in [3.05, 3.63) is 0 Å². The van der Waals surface area contributed by atoms with E-state index in [9.17, 15) is 0 Å². The SMILES string of the molecule is [O]=[Pb].[Pb].[Pb]. The fraction of sp³-hybridized carbons (Fsp3) is 0. The van der Waals surface area contributed by atoms with E-state index >= 15 is 0 Å². The Labute approximate surface area is 81.4 Å². The third kappa shape index (κ3) is 8.82. The van der Waals surface area contributed by atoms with E-state index in [1.807, 2.05) is 0 Å². The molecule has 18 valence electrons. The Hall–Kier alpha value is 2.57. The van der Waals surface area contributed by atoms with Crippen LogP contribution >= 0.6 is 0 Å². The monoisotopic (exact) mass is 640 g/mol. The van der Waals surface area contributed by atoms with E-state index in [0.717, 1.165) is 0 Å². The van der Waals surface area contributed by atoms with Crippen LogP contribution in [0.15, 0.2) is 0 Å². The summed E-state index contributed by atoms with van der Waals surface area (Å²) in [6.45, 7) is 0. The Morgan fingerprint density at radius 1 is 1.00 bits per heavy atom. The average molecular weight is 638 g/mol. The predicted molar refractivity (Wildman–Crippen MR) is 17.9 cm³/mol. The molecule has 0 aliphatic carbocycles.